The van der Waals surface area contributed by atoms with Crippen molar-refractivity contribution in [3.8, 4) is 0 Å². The molecule has 0 amide bonds. The summed E-state index contributed by atoms with van der Waals surface area (Å²) in [5.41, 5.74) is 0. The average molecular weight is 314 g/mol. The van der Waals surface area contributed by atoms with Crippen LogP contribution in [0.5, 0.6) is 0 Å². The van der Waals surface area contributed by atoms with Crippen molar-refractivity contribution >= 4 is 0 Å². The van der Waals surface area contributed by atoms with Gasteiger partial charge in [0.1, 0.15) is 13.2 Å². The Balaban J connectivity index is 0.000000471. The molecule has 0 aliphatic carbocycles. The Kier molecular flexibility index (Phi) is 17.4. The third kappa shape index (κ3) is 17.6. The van der Waals surface area contributed by atoms with E-state index in [0.717, 1.165) is 0 Å². The lowest BCUT2D eigenvalue weighted by Crippen LogP contribution is -2.27. The van der Waals surface area contributed by atoms with E-state index >= 15 is 0 Å². The third-order valence-electron chi connectivity index (χ3n) is 1.97. The fraction of sp³-hybridized carbons (Fsp3) is 1.00. The van der Waals surface area contributed by atoms with Crippen molar-refractivity contribution < 1.29 is 44.0 Å². The van der Waals surface area contributed by atoms with E-state index in [1.807, 2.05) is 0 Å². The molecule has 1 unspecified atom stereocenters. The van der Waals surface area contributed by atoms with Crippen molar-refractivity contribution in [2.75, 3.05) is 72.7 Å². The lowest BCUT2D eigenvalue weighted by molar-refractivity contribution is -0.303. The minimum Gasteiger partial charge on any atom is -0.394 e. The Bertz CT molecular complexity index is 176. The van der Waals surface area contributed by atoms with Gasteiger partial charge in [-0.15, -0.1) is 0 Å². The van der Waals surface area contributed by atoms with E-state index in [2.05, 4.69) is 0 Å². The van der Waals surface area contributed by atoms with E-state index in [4.69, 9.17) is 44.0 Å². The van der Waals surface area contributed by atoms with Crippen LogP contribution in [0.2, 0.25) is 0 Å². The molecular weight excluding hydrogens is 288 g/mol. The first-order valence-corrected chi connectivity index (χ1v) is 6.80. The van der Waals surface area contributed by atoms with Crippen LogP contribution in [0.15, 0.2) is 0 Å². The lowest BCUT2D eigenvalue weighted by atomic mass is 10.6. The van der Waals surface area contributed by atoms with Crippen LogP contribution in [-0.4, -0.2) is 94.3 Å². The summed E-state index contributed by atoms with van der Waals surface area (Å²) in [5.74, 6) is 0. The van der Waals surface area contributed by atoms with Crippen LogP contribution in [0.1, 0.15) is 0 Å². The maximum Gasteiger partial charge on any atom is 0.178 e. The highest BCUT2D eigenvalue weighted by molar-refractivity contribution is 4.43. The van der Waals surface area contributed by atoms with E-state index in [0.29, 0.717) is 59.5 Å². The molecule has 1 saturated heterocycles. The molecule has 0 spiro atoms. The minimum atomic E-state index is -0.686. The second kappa shape index (κ2) is 17.7. The minimum absolute atomic E-state index is 0.00978. The van der Waals surface area contributed by atoms with Gasteiger partial charge in [0, 0.05) is 0 Å². The van der Waals surface area contributed by atoms with Gasteiger partial charge in [0.05, 0.1) is 59.5 Å². The summed E-state index contributed by atoms with van der Waals surface area (Å²) in [4.78, 5) is 9.42. The predicted octanol–water partition coefficient (Wildman–Crippen LogP) is -1.70. The molecule has 9 nitrogen and oxygen atoms in total. The highest BCUT2D eigenvalue weighted by Crippen LogP contribution is 1.94. The van der Waals surface area contributed by atoms with Crippen LogP contribution in [0.3, 0.4) is 0 Å². The van der Waals surface area contributed by atoms with Gasteiger partial charge >= 0.3 is 0 Å². The van der Waals surface area contributed by atoms with E-state index in [1.165, 1.54) is 0 Å². The molecule has 0 radical (unpaired) electrons. The molecule has 9 heteroatoms. The summed E-state index contributed by atoms with van der Waals surface area (Å²) in [6, 6.07) is 0. The molecule has 0 saturated carbocycles. The number of hydrogen-bond donors (Lipinski definition) is 3. The van der Waals surface area contributed by atoms with Gasteiger partial charge in [-0.3, -0.25) is 0 Å². The maximum atomic E-state index is 8.56. The molecule has 21 heavy (non-hydrogen) atoms. The number of ether oxygens (including phenoxy) is 4. The highest BCUT2D eigenvalue weighted by atomic mass is 17.2. The van der Waals surface area contributed by atoms with Crippen LogP contribution in [-0.2, 0) is 28.7 Å². The molecule has 1 rings (SSSR count). The molecule has 0 aromatic carbocycles. The van der Waals surface area contributed by atoms with Crippen LogP contribution < -0.4 is 0 Å². The van der Waals surface area contributed by atoms with Crippen molar-refractivity contribution in [3.05, 3.63) is 0 Å². The summed E-state index contributed by atoms with van der Waals surface area (Å²) in [7, 11) is 0. The van der Waals surface area contributed by atoms with Crippen LogP contribution in [0.25, 0.3) is 0 Å². The molecule has 1 atom stereocenters. The van der Waals surface area contributed by atoms with Crippen molar-refractivity contribution in [3.63, 3.8) is 0 Å². The zero-order valence-electron chi connectivity index (χ0n) is 12.1. The standard InChI is InChI=1S/C8H18O6.C4H8O3/c9-1-3-11-5-7-13-14-8-6-12-4-2-10;5-4-3-6-1-2-7-4/h9-10H,1-8H2;4-5H,1-3H2. The molecule has 0 aromatic heterocycles. The Labute approximate surface area is 124 Å². The van der Waals surface area contributed by atoms with Gasteiger partial charge in [-0.2, -0.15) is 0 Å². The fourth-order valence-electron chi connectivity index (χ4n) is 1.11. The summed E-state index contributed by atoms with van der Waals surface area (Å²) >= 11 is 0. The number of hydrogen-bond acceptors (Lipinski definition) is 9. The third-order valence-corrected chi connectivity index (χ3v) is 1.97. The van der Waals surface area contributed by atoms with E-state index < -0.39 is 6.29 Å². The molecule has 0 aromatic rings. The van der Waals surface area contributed by atoms with Gasteiger partial charge in [-0.05, 0) is 0 Å². The Morgan fingerprint density at radius 3 is 1.71 bits per heavy atom. The summed E-state index contributed by atoms with van der Waals surface area (Å²) in [5, 5.41) is 25.3. The van der Waals surface area contributed by atoms with Gasteiger partial charge in [0.2, 0.25) is 0 Å². The zero-order chi connectivity index (χ0) is 15.6. The normalized spacial score (nSPS) is 18.1. The van der Waals surface area contributed by atoms with Gasteiger partial charge < -0.3 is 34.3 Å². The average Bonchev–Trinajstić information content (AvgIpc) is 2.51. The molecule has 0 bridgehead atoms. The van der Waals surface area contributed by atoms with Crippen LogP contribution >= 0.6 is 0 Å². The second-order valence-electron chi connectivity index (χ2n) is 3.72. The molecular formula is C12H26O9. The van der Waals surface area contributed by atoms with Crippen molar-refractivity contribution in [1.82, 2.24) is 0 Å². The Hall–Kier alpha value is -0.360. The quantitative estimate of drug-likeness (QED) is 0.233. The SMILES string of the molecule is OC1COCCO1.OCCOCCOOCCOCCO. The molecule has 1 fully saturated rings. The fourth-order valence-corrected chi connectivity index (χ4v) is 1.11. The second-order valence-corrected chi connectivity index (χ2v) is 3.72. The smallest absolute Gasteiger partial charge is 0.178 e. The molecule has 1 aliphatic rings. The predicted molar refractivity (Wildman–Crippen MR) is 70.5 cm³/mol. The van der Waals surface area contributed by atoms with E-state index in [-0.39, 0.29) is 13.2 Å². The van der Waals surface area contributed by atoms with Crippen LogP contribution in [0.4, 0.5) is 0 Å². The summed E-state index contributed by atoms with van der Waals surface area (Å²) in [6.45, 7) is 3.49. The molecule has 3 N–H and O–H groups in total. The van der Waals surface area contributed by atoms with Crippen molar-refractivity contribution in [2.45, 2.75) is 6.29 Å². The van der Waals surface area contributed by atoms with Gasteiger partial charge in [0.25, 0.3) is 0 Å². The highest BCUT2D eigenvalue weighted by Gasteiger charge is 2.07. The van der Waals surface area contributed by atoms with Crippen molar-refractivity contribution in [1.29, 1.82) is 0 Å². The monoisotopic (exact) mass is 314 g/mol. The first-order valence-electron chi connectivity index (χ1n) is 6.80. The molecule has 1 heterocycles. The van der Waals surface area contributed by atoms with E-state index in [9.17, 15) is 0 Å². The molecule has 1 aliphatic heterocycles. The van der Waals surface area contributed by atoms with Gasteiger partial charge in [0.15, 0.2) is 6.29 Å². The van der Waals surface area contributed by atoms with Gasteiger partial charge in [-0.25, -0.2) is 9.78 Å². The Morgan fingerprint density at radius 1 is 0.810 bits per heavy atom. The topological polar surface area (TPSA) is 116 Å². The first-order chi connectivity index (χ1) is 10.3. The Morgan fingerprint density at radius 2 is 1.38 bits per heavy atom. The van der Waals surface area contributed by atoms with Crippen LogP contribution in [0, 0.1) is 0 Å². The van der Waals surface area contributed by atoms with Crippen molar-refractivity contribution in [2.24, 2.45) is 0 Å². The molecule has 128 valence electrons. The summed E-state index contributed by atoms with van der Waals surface area (Å²) < 4.78 is 19.3. The maximum absolute atomic E-state index is 8.56. The summed E-state index contributed by atoms with van der Waals surface area (Å²) in [6.07, 6.45) is -0.686. The zero-order valence-corrected chi connectivity index (χ0v) is 12.1. The number of rotatable bonds is 11. The first kappa shape index (κ1) is 20.6. The number of aliphatic hydroxyl groups is 3. The lowest BCUT2D eigenvalue weighted by Gasteiger charge is -2.16. The number of aliphatic hydroxyl groups excluding tert-OH is 3. The largest absolute Gasteiger partial charge is 0.394 e. The van der Waals surface area contributed by atoms with E-state index in [1.54, 1.807) is 0 Å². The van der Waals surface area contributed by atoms with Gasteiger partial charge in [-0.1, -0.05) is 0 Å².